The zero-order valence-electron chi connectivity index (χ0n) is 9.63. The monoisotopic (exact) mass is 253 g/mol. The predicted molar refractivity (Wildman–Crippen MR) is 66.3 cm³/mol. The van der Waals surface area contributed by atoms with Crippen LogP contribution >= 0.6 is 11.3 Å². The fourth-order valence-electron chi connectivity index (χ4n) is 1.84. The number of benzene rings is 1. The van der Waals surface area contributed by atoms with E-state index in [4.69, 9.17) is 0 Å². The molecular weight excluding hydrogens is 240 g/mol. The van der Waals surface area contributed by atoms with Gasteiger partial charge in [-0.15, -0.1) is 11.3 Å². The quantitative estimate of drug-likeness (QED) is 0.880. The van der Waals surface area contributed by atoms with E-state index >= 15 is 0 Å². The maximum atomic E-state index is 13.7. The maximum absolute atomic E-state index is 13.7. The van der Waals surface area contributed by atoms with Crippen LogP contribution in [0.4, 0.5) is 8.78 Å². The Labute approximate surface area is 103 Å². The molecule has 0 saturated carbocycles. The summed E-state index contributed by atoms with van der Waals surface area (Å²) in [5, 5.41) is 5.04. The molecular formula is C13H13F2NS. The molecule has 0 saturated heterocycles. The molecule has 0 aliphatic heterocycles. The van der Waals surface area contributed by atoms with Gasteiger partial charge < -0.3 is 5.32 Å². The van der Waals surface area contributed by atoms with Gasteiger partial charge in [-0.25, -0.2) is 8.78 Å². The largest absolute Gasteiger partial charge is 0.309 e. The van der Waals surface area contributed by atoms with Crippen LogP contribution in [-0.2, 0) is 0 Å². The summed E-state index contributed by atoms with van der Waals surface area (Å²) in [6.45, 7) is 1.98. The standard InChI is InChI=1S/C13H13F2NS/c1-8-5-6-17-13(8)12(16-2)10-4-3-9(14)7-11(10)15/h3-7,12,16H,1-2H3. The van der Waals surface area contributed by atoms with Crippen LogP contribution in [0.3, 0.4) is 0 Å². The van der Waals surface area contributed by atoms with Crippen LogP contribution in [0, 0.1) is 18.6 Å². The summed E-state index contributed by atoms with van der Waals surface area (Å²) in [6, 6.07) is 5.46. The minimum atomic E-state index is -0.552. The molecule has 0 aliphatic carbocycles. The number of rotatable bonds is 3. The van der Waals surface area contributed by atoms with Crippen LogP contribution in [0.5, 0.6) is 0 Å². The normalized spacial score (nSPS) is 12.7. The van der Waals surface area contributed by atoms with Crippen LogP contribution in [0.15, 0.2) is 29.6 Å². The van der Waals surface area contributed by atoms with Crippen molar-refractivity contribution in [3.63, 3.8) is 0 Å². The van der Waals surface area contributed by atoms with Gasteiger partial charge in [0.05, 0.1) is 6.04 Å². The lowest BCUT2D eigenvalue weighted by molar-refractivity contribution is 0.553. The van der Waals surface area contributed by atoms with E-state index in [-0.39, 0.29) is 6.04 Å². The zero-order chi connectivity index (χ0) is 12.4. The van der Waals surface area contributed by atoms with E-state index in [0.29, 0.717) is 5.56 Å². The molecule has 4 heteroatoms. The molecule has 1 aromatic heterocycles. The number of halogens is 2. The topological polar surface area (TPSA) is 12.0 Å². The van der Waals surface area contributed by atoms with Gasteiger partial charge in [0.2, 0.25) is 0 Å². The highest BCUT2D eigenvalue weighted by Gasteiger charge is 2.19. The van der Waals surface area contributed by atoms with Gasteiger partial charge in [0.15, 0.2) is 0 Å². The summed E-state index contributed by atoms with van der Waals surface area (Å²) in [4.78, 5) is 1.05. The second-order valence-electron chi connectivity index (χ2n) is 3.86. The Bertz CT molecular complexity index is 522. The lowest BCUT2D eigenvalue weighted by atomic mass is 10.0. The first-order chi connectivity index (χ1) is 8.13. The maximum Gasteiger partial charge on any atom is 0.131 e. The summed E-state index contributed by atoms with van der Waals surface area (Å²) < 4.78 is 26.6. The van der Waals surface area contributed by atoms with E-state index in [0.717, 1.165) is 16.5 Å². The molecule has 0 fully saturated rings. The van der Waals surface area contributed by atoms with Crippen LogP contribution < -0.4 is 5.32 Å². The highest BCUT2D eigenvalue weighted by molar-refractivity contribution is 7.10. The van der Waals surface area contributed by atoms with E-state index in [2.05, 4.69) is 5.32 Å². The van der Waals surface area contributed by atoms with Crippen molar-refractivity contribution < 1.29 is 8.78 Å². The van der Waals surface area contributed by atoms with Crippen LogP contribution in [0.1, 0.15) is 22.0 Å². The number of hydrogen-bond donors (Lipinski definition) is 1. The minimum Gasteiger partial charge on any atom is -0.309 e. The van der Waals surface area contributed by atoms with Gasteiger partial charge in [-0.05, 0) is 37.0 Å². The lowest BCUT2D eigenvalue weighted by Gasteiger charge is -2.17. The van der Waals surface area contributed by atoms with E-state index < -0.39 is 11.6 Å². The van der Waals surface area contributed by atoms with E-state index in [1.54, 1.807) is 18.4 Å². The Kier molecular flexibility index (Phi) is 3.54. The SMILES string of the molecule is CNC(c1ccc(F)cc1F)c1sccc1C. The average molecular weight is 253 g/mol. The first-order valence-corrected chi connectivity index (χ1v) is 6.17. The molecule has 90 valence electrons. The van der Waals surface area contributed by atoms with E-state index in [1.807, 2.05) is 18.4 Å². The van der Waals surface area contributed by atoms with Crippen molar-refractivity contribution in [2.75, 3.05) is 7.05 Å². The molecule has 17 heavy (non-hydrogen) atoms. The third kappa shape index (κ3) is 2.37. The van der Waals surface area contributed by atoms with Crippen molar-refractivity contribution in [2.24, 2.45) is 0 Å². The number of thiophene rings is 1. The third-order valence-electron chi connectivity index (χ3n) is 2.73. The van der Waals surface area contributed by atoms with Crippen molar-refractivity contribution in [1.29, 1.82) is 0 Å². The minimum absolute atomic E-state index is 0.226. The number of nitrogens with one attached hydrogen (secondary N) is 1. The Morgan fingerprint density at radius 3 is 2.53 bits per heavy atom. The summed E-state index contributed by atoms with van der Waals surface area (Å²) in [5.41, 5.74) is 1.58. The fraction of sp³-hybridized carbons (Fsp3) is 0.231. The average Bonchev–Trinajstić information content (AvgIpc) is 2.69. The first kappa shape index (κ1) is 12.2. The Hall–Kier alpha value is -1.26. The van der Waals surface area contributed by atoms with Gasteiger partial charge in [0.25, 0.3) is 0 Å². The van der Waals surface area contributed by atoms with Gasteiger partial charge in [-0.3, -0.25) is 0 Å². The molecule has 0 radical (unpaired) electrons. The molecule has 1 nitrogen and oxygen atoms in total. The van der Waals surface area contributed by atoms with Crippen molar-refractivity contribution in [1.82, 2.24) is 5.32 Å². The van der Waals surface area contributed by atoms with Crippen LogP contribution in [-0.4, -0.2) is 7.05 Å². The van der Waals surface area contributed by atoms with E-state index in [9.17, 15) is 8.78 Å². The molecule has 0 spiro atoms. The zero-order valence-corrected chi connectivity index (χ0v) is 10.4. The van der Waals surface area contributed by atoms with Gasteiger partial charge >= 0.3 is 0 Å². The second kappa shape index (κ2) is 4.94. The Morgan fingerprint density at radius 1 is 1.24 bits per heavy atom. The van der Waals surface area contributed by atoms with Crippen LogP contribution in [0.25, 0.3) is 0 Å². The third-order valence-corrected chi connectivity index (χ3v) is 3.81. The van der Waals surface area contributed by atoms with Gasteiger partial charge in [0, 0.05) is 16.5 Å². The predicted octanol–water partition coefficient (Wildman–Crippen LogP) is 3.64. The second-order valence-corrected chi connectivity index (χ2v) is 4.80. The molecule has 1 unspecified atom stereocenters. The Balaban J connectivity index is 2.46. The van der Waals surface area contributed by atoms with E-state index in [1.165, 1.54) is 12.1 Å². The highest BCUT2D eigenvalue weighted by atomic mass is 32.1. The lowest BCUT2D eigenvalue weighted by Crippen LogP contribution is -2.18. The molecule has 0 bridgehead atoms. The summed E-state index contributed by atoms with van der Waals surface area (Å²) in [5.74, 6) is -1.07. The van der Waals surface area contributed by atoms with Crippen LogP contribution in [0.2, 0.25) is 0 Å². The van der Waals surface area contributed by atoms with Gasteiger partial charge in [-0.1, -0.05) is 6.07 Å². The van der Waals surface area contributed by atoms with Gasteiger partial charge in [-0.2, -0.15) is 0 Å². The molecule has 0 amide bonds. The first-order valence-electron chi connectivity index (χ1n) is 5.29. The fourth-order valence-corrected chi connectivity index (χ4v) is 2.90. The number of aryl methyl sites for hydroxylation is 1. The highest BCUT2D eigenvalue weighted by Crippen LogP contribution is 2.30. The van der Waals surface area contributed by atoms with Crippen molar-refractivity contribution >= 4 is 11.3 Å². The summed E-state index contributed by atoms with van der Waals surface area (Å²) in [7, 11) is 1.77. The summed E-state index contributed by atoms with van der Waals surface area (Å²) in [6.07, 6.45) is 0. The molecule has 2 rings (SSSR count). The smallest absolute Gasteiger partial charge is 0.131 e. The van der Waals surface area contributed by atoms with Gasteiger partial charge in [0.1, 0.15) is 11.6 Å². The molecule has 1 N–H and O–H groups in total. The summed E-state index contributed by atoms with van der Waals surface area (Å²) >= 11 is 1.57. The molecule has 2 aromatic rings. The van der Waals surface area contributed by atoms with Crippen molar-refractivity contribution in [3.05, 3.63) is 57.3 Å². The van der Waals surface area contributed by atoms with Crippen molar-refractivity contribution in [2.45, 2.75) is 13.0 Å². The van der Waals surface area contributed by atoms with Crippen molar-refractivity contribution in [3.8, 4) is 0 Å². The number of hydrogen-bond acceptors (Lipinski definition) is 2. The molecule has 1 atom stereocenters. The molecule has 1 heterocycles. The molecule has 0 aliphatic rings. The Morgan fingerprint density at radius 2 is 2.00 bits per heavy atom. The molecule has 1 aromatic carbocycles.